The number of carboxylic acid groups (broad SMARTS) is 2. The molecule has 68 valence electrons. The first-order chi connectivity index (χ1) is 5.56. The predicted molar refractivity (Wildman–Crippen MR) is 42.9 cm³/mol. The van der Waals surface area contributed by atoms with Crippen LogP contribution in [0.5, 0.6) is 0 Å². The molecule has 0 saturated carbocycles. The van der Waals surface area contributed by atoms with Crippen molar-refractivity contribution in [1.82, 2.24) is 0 Å². The Labute approximate surface area is 70.5 Å². The Bertz CT molecular complexity index is 205. The van der Waals surface area contributed by atoms with Gasteiger partial charge in [-0.15, -0.1) is 0 Å². The van der Waals surface area contributed by atoms with Crippen LogP contribution >= 0.6 is 0 Å². The van der Waals surface area contributed by atoms with E-state index < -0.39 is 11.9 Å². The lowest BCUT2D eigenvalue weighted by molar-refractivity contribution is -0.138. The highest BCUT2D eigenvalue weighted by molar-refractivity contribution is 5.71. The van der Waals surface area contributed by atoms with Gasteiger partial charge in [-0.2, -0.15) is 0 Å². The van der Waals surface area contributed by atoms with Crippen molar-refractivity contribution in [3.63, 3.8) is 0 Å². The van der Waals surface area contributed by atoms with E-state index in [1.807, 2.05) is 0 Å². The van der Waals surface area contributed by atoms with Gasteiger partial charge in [0.2, 0.25) is 0 Å². The Kier molecular flexibility index (Phi) is 4.76. The second-order valence-electron chi connectivity index (χ2n) is 2.41. The highest BCUT2D eigenvalue weighted by Gasteiger charge is 2.05. The van der Waals surface area contributed by atoms with Gasteiger partial charge in [-0.05, 0) is 13.3 Å². The molecule has 0 aromatic heterocycles. The second kappa shape index (κ2) is 5.35. The van der Waals surface area contributed by atoms with E-state index >= 15 is 0 Å². The third kappa shape index (κ3) is 5.46. The molecule has 0 saturated heterocycles. The van der Waals surface area contributed by atoms with Crippen LogP contribution in [0.3, 0.4) is 0 Å². The molecular formula is C8H12O4. The average Bonchev–Trinajstić information content (AvgIpc) is 1.97. The van der Waals surface area contributed by atoms with E-state index in [-0.39, 0.29) is 12.8 Å². The Morgan fingerprint density at radius 2 is 1.75 bits per heavy atom. The zero-order chi connectivity index (χ0) is 9.56. The molecule has 0 aromatic carbocycles. The summed E-state index contributed by atoms with van der Waals surface area (Å²) in [5.41, 5.74) is 0.657. The van der Waals surface area contributed by atoms with Gasteiger partial charge in [-0.1, -0.05) is 11.6 Å². The summed E-state index contributed by atoms with van der Waals surface area (Å²) in [7, 11) is 0. The third-order valence-electron chi connectivity index (χ3n) is 1.45. The van der Waals surface area contributed by atoms with Crippen LogP contribution in [-0.4, -0.2) is 22.2 Å². The molecular weight excluding hydrogens is 160 g/mol. The van der Waals surface area contributed by atoms with E-state index in [4.69, 9.17) is 10.2 Å². The molecule has 0 amide bonds. The largest absolute Gasteiger partial charge is 0.481 e. The number of aliphatic carboxylic acids is 2. The molecule has 4 heteroatoms. The Balaban J connectivity index is 3.85. The molecule has 0 aromatic rings. The summed E-state index contributed by atoms with van der Waals surface area (Å²) in [4.78, 5) is 20.4. The number of hydrogen-bond donors (Lipinski definition) is 2. The molecule has 12 heavy (non-hydrogen) atoms. The van der Waals surface area contributed by atoms with Gasteiger partial charge in [-0.3, -0.25) is 9.59 Å². The van der Waals surface area contributed by atoms with Gasteiger partial charge in [0, 0.05) is 6.42 Å². The number of rotatable bonds is 5. The number of carboxylic acids is 2. The summed E-state index contributed by atoms with van der Waals surface area (Å²) in [6, 6.07) is 0. The van der Waals surface area contributed by atoms with E-state index in [2.05, 4.69) is 0 Å². The Morgan fingerprint density at radius 1 is 1.17 bits per heavy atom. The van der Waals surface area contributed by atoms with Gasteiger partial charge in [0.1, 0.15) is 0 Å². The van der Waals surface area contributed by atoms with Gasteiger partial charge in [-0.25, -0.2) is 0 Å². The molecule has 0 fully saturated rings. The molecule has 0 aliphatic rings. The highest BCUT2D eigenvalue weighted by Crippen LogP contribution is 2.09. The molecule has 0 spiro atoms. The normalized spacial score (nSPS) is 11.2. The van der Waals surface area contributed by atoms with Gasteiger partial charge in [0.25, 0.3) is 0 Å². The standard InChI is InChI=1S/C8H12O4/c1-2-6(5-8(11)12)3-4-7(9)10/h2H,3-5H2,1H3,(H,9,10)(H,11,12). The molecule has 0 aliphatic heterocycles. The van der Waals surface area contributed by atoms with Gasteiger partial charge in [0.05, 0.1) is 6.42 Å². The highest BCUT2D eigenvalue weighted by atomic mass is 16.4. The molecule has 0 rings (SSSR count). The predicted octanol–water partition coefficient (Wildman–Crippen LogP) is 1.27. The van der Waals surface area contributed by atoms with Crippen LogP contribution in [0.15, 0.2) is 11.6 Å². The van der Waals surface area contributed by atoms with E-state index in [0.717, 1.165) is 0 Å². The summed E-state index contributed by atoms with van der Waals surface area (Å²) in [6.45, 7) is 1.71. The minimum atomic E-state index is -0.923. The van der Waals surface area contributed by atoms with Crippen molar-refractivity contribution in [2.45, 2.75) is 26.2 Å². The van der Waals surface area contributed by atoms with Crippen LogP contribution in [0, 0.1) is 0 Å². The molecule has 0 atom stereocenters. The first-order valence-electron chi connectivity index (χ1n) is 3.64. The van der Waals surface area contributed by atoms with Gasteiger partial charge >= 0.3 is 11.9 Å². The molecule has 0 heterocycles. The number of hydrogen-bond acceptors (Lipinski definition) is 2. The Morgan fingerprint density at radius 3 is 2.08 bits per heavy atom. The SMILES string of the molecule is CC=C(CCC(=O)O)CC(=O)O. The maximum absolute atomic E-state index is 10.2. The summed E-state index contributed by atoms with van der Waals surface area (Å²) >= 11 is 0. The van der Waals surface area contributed by atoms with Crippen LogP contribution in [0.2, 0.25) is 0 Å². The van der Waals surface area contributed by atoms with Crippen LogP contribution in [0.25, 0.3) is 0 Å². The molecule has 0 unspecified atom stereocenters. The lowest BCUT2D eigenvalue weighted by Crippen LogP contribution is -2.00. The van der Waals surface area contributed by atoms with Crippen LogP contribution in [0.4, 0.5) is 0 Å². The monoisotopic (exact) mass is 172 g/mol. The van der Waals surface area contributed by atoms with Crippen molar-refractivity contribution >= 4 is 11.9 Å². The minimum absolute atomic E-state index is 0.00699. The van der Waals surface area contributed by atoms with Crippen molar-refractivity contribution in [3.8, 4) is 0 Å². The molecule has 0 radical (unpaired) electrons. The van der Waals surface area contributed by atoms with E-state index in [1.165, 1.54) is 0 Å². The summed E-state index contributed by atoms with van der Waals surface area (Å²) in [5, 5.41) is 16.7. The third-order valence-corrected chi connectivity index (χ3v) is 1.45. The molecule has 4 nitrogen and oxygen atoms in total. The van der Waals surface area contributed by atoms with Crippen LogP contribution in [0.1, 0.15) is 26.2 Å². The maximum Gasteiger partial charge on any atom is 0.307 e. The topological polar surface area (TPSA) is 74.6 Å². The van der Waals surface area contributed by atoms with Crippen LogP contribution < -0.4 is 0 Å². The molecule has 0 bridgehead atoms. The first kappa shape index (κ1) is 10.7. The van der Waals surface area contributed by atoms with E-state index in [0.29, 0.717) is 12.0 Å². The van der Waals surface area contributed by atoms with Crippen molar-refractivity contribution in [2.75, 3.05) is 0 Å². The molecule has 0 aliphatic carbocycles. The second-order valence-corrected chi connectivity index (χ2v) is 2.41. The lowest BCUT2D eigenvalue weighted by atomic mass is 10.1. The lowest BCUT2D eigenvalue weighted by Gasteiger charge is -2.00. The molecule has 2 N–H and O–H groups in total. The van der Waals surface area contributed by atoms with Crippen molar-refractivity contribution in [3.05, 3.63) is 11.6 Å². The maximum atomic E-state index is 10.2. The first-order valence-corrected chi connectivity index (χ1v) is 3.64. The summed E-state index contributed by atoms with van der Waals surface area (Å²) < 4.78 is 0. The van der Waals surface area contributed by atoms with E-state index in [9.17, 15) is 9.59 Å². The number of carbonyl (C=O) groups is 2. The van der Waals surface area contributed by atoms with Gasteiger partial charge in [0.15, 0.2) is 0 Å². The fourth-order valence-corrected chi connectivity index (χ4v) is 0.797. The van der Waals surface area contributed by atoms with Crippen molar-refractivity contribution < 1.29 is 19.8 Å². The Hall–Kier alpha value is -1.32. The van der Waals surface area contributed by atoms with Gasteiger partial charge < -0.3 is 10.2 Å². The zero-order valence-electron chi connectivity index (χ0n) is 6.91. The minimum Gasteiger partial charge on any atom is -0.481 e. The number of allylic oxidation sites excluding steroid dienone is 1. The average molecular weight is 172 g/mol. The quantitative estimate of drug-likeness (QED) is 0.612. The zero-order valence-corrected chi connectivity index (χ0v) is 6.91. The summed E-state index contributed by atoms with van der Waals surface area (Å²) in [6.07, 6.45) is 1.89. The van der Waals surface area contributed by atoms with E-state index in [1.54, 1.807) is 13.0 Å². The fraction of sp³-hybridized carbons (Fsp3) is 0.500. The van der Waals surface area contributed by atoms with Crippen LogP contribution in [-0.2, 0) is 9.59 Å². The smallest absolute Gasteiger partial charge is 0.307 e. The summed E-state index contributed by atoms with van der Waals surface area (Å²) in [5.74, 6) is -1.83. The van der Waals surface area contributed by atoms with Crippen molar-refractivity contribution in [2.24, 2.45) is 0 Å². The fourth-order valence-electron chi connectivity index (χ4n) is 0.797. The van der Waals surface area contributed by atoms with Crippen molar-refractivity contribution in [1.29, 1.82) is 0 Å².